The molecule has 0 unspecified atom stereocenters. The number of aryl methyl sites for hydroxylation is 1. The number of hydrogen-bond acceptors (Lipinski definition) is 7. The molecule has 0 saturated carbocycles. The van der Waals surface area contributed by atoms with Crippen LogP contribution in [0.2, 0.25) is 0 Å². The minimum absolute atomic E-state index is 0.131. The lowest BCUT2D eigenvalue weighted by Gasteiger charge is -2.12. The lowest BCUT2D eigenvalue weighted by molar-refractivity contribution is -0.138. The molecule has 174 valence electrons. The third kappa shape index (κ3) is 8.34. The monoisotopic (exact) mass is 451 g/mol. The molecule has 7 nitrogen and oxygen atoms in total. The van der Waals surface area contributed by atoms with Gasteiger partial charge in [-0.3, -0.25) is 4.79 Å². The topological polar surface area (TPSA) is 94.9 Å². The standard InChI is InChI=1S/C26H29NO6/c1-4-19-9-12-22(13-10-19)32-15-7-8-25(28)33-23-14-11-20(17-24(23)30-5-2)16-21(18-27)26(29)31-6-3/h9-14,16-17H,4-8,15H2,1-3H3/b21-16+. The molecule has 0 aliphatic heterocycles. The minimum atomic E-state index is -0.697. The van der Waals surface area contributed by atoms with E-state index in [4.69, 9.17) is 18.9 Å². The predicted octanol–water partition coefficient (Wildman–Crippen LogP) is 4.88. The van der Waals surface area contributed by atoms with Gasteiger partial charge in [0.05, 0.1) is 19.8 Å². The van der Waals surface area contributed by atoms with Gasteiger partial charge in [-0.15, -0.1) is 0 Å². The summed E-state index contributed by atoms with van der Waals surface area (Å²) in [5, 5.41) is 9.20. The van der Waals surface area contributed by atoms with Gasteiger partial charge in [0, 0.05) is 6.42 Å². The van der Waals surface area contributed by atoms with E-state index in [2.05, 4.69) is 6.92 Å². The summed E-state index contributed by atoms with van der Waals surface area (Å²) in [5.74, 6) is 0.269. The number of benzene rings is 2. The maximum Gasteiger partial charge on any atom is 0.348 e. The second kappa shape index (κ2) is 13.6. The highest BCUT2D eigenvalue weighted by Crippen LogP contribution is 2.30. The molecule has 0 amide bonds. The fraction of sp³-hybridized carbons (Fsp3) is 0.346. The first kappa shape index (κ1) is 25.5. The Morgan fingerprint density at radius 1 is 0.970 bits per heavy atom. The Balaban J connectivity index is 1.95. The van der Waals surface area contributed by atoms with Gasteiger partial charge in [-0.1, -0.05) is 25.1 Å². The van der Waals surface area contributed by atoms with E-state index in [0.717, 1.165) is 12.2 Å². The molecule has 0 heterocycles. The lowest BCUT2D eigenvalue weighted by Crippen LogP contribution is -2.11. The molecular formula is C26H29NO6. The van der Waals surface area contributed by atoms with Crippen molar-refractivity contribution < 1.29 is 28.5 Å². The van der Waals surface area contributed by atoms with E-state index in [9.17, 15) is 14.9 Å². The van der Waals surface area contributed by atoms with Crippen molar-refractivity contribution >= 4 is 18.0 Å². The Bertz CT molecular complexity index is 1000. The number of hydrogen-bond donors (Lipinski definition) is 0. The highest BCUT2D eigenvalue weighted by Gasteiger charge is 2.14. The van der Waals surface area contributed by atoms with Crippen LogP contribution in [0.3, 0.4) is 0 Å². The van der Waals surface area contributed by atoms with Crippen LogP contribution >= 0.6 is 0 Å². The van der Waals surface area contributed by atoms with Crippen LogP contribution in [0.15, 0.2) is 48.0 Å². The quantitative estimate of drug-likeness (QED) is 0.149. The summed E-state index contributed by atoms with van der Waals surface area (Å²) in [7, 11) is 0. The van der Waals surface area contributed by atoms with Crippen LogP contribution in [0.1, 0.15) is 44.7 Å². The van der Waals surface area contributed by atoms with E-state index in [1.807, 2.05) is 30.3 Å². The van der Waals surface area contributed by atoms with Gasteiger partial charge in [0.2, 0.25) is 0 Å². The zero-order valence-electron chi connectivity index (χ0n) is 19.3. The summed E-state index contributed by atoms with van der Waals surface area (Å²) in [5.41, 5.74) is 1.65. The number of carbonyl (C=O) groups is 2. The molecule has 0 spiro atoms. The number of rotatable bonds is 12. The number of ether oxygens (including phenoxy) is 4. The minimum Gasteiger partial charge on any atom is -0.494 e. The number of carbonyl (C=O) groups excluding carboxylic acids is 2. The van der Waals surface area contributed by atoms with Crippen molar-refractivity contribution in [2.45, 2.75) is 40.0 Å². The van der Waals surface area contributed by atoms with Crippen LogP contribution < -0.4 is 14.2 Å². The average Bonchev–Trinajstić information content (AvgIpc) is 2.82. The van der Waals surface area contributed by atoms with Crippen molar-refractivity contribution in [2.75, 3.05) is 19.8 Å². The fourth-order valence-electron chi connectivity index (χ4n) is 2.88. The molecule has 0 bridgehead atoms. The van der Waals surface area contributed by atoms with Gasteiger partial charge in [0.25, 0.3) is 0 Å². The van der Waals surface area contributed by atoms with Gasteiger partial charge in [0.1, 0.15) is 17.4 Å². The molecule has 0 aliphatic rings. The molecule has 0 N–H and O–H groups in total. The molecular weight excluding hydrogens is 422 g/mol. The molecule has 2 rings (SSSR count). The number of nitrogens with zero attached hydrogens (tertiary/aromatic N) is 1. The second-order valence-corrected chi connectivity index (χ2v) is 6.95. The molecule has 0 radical (unpaired) electrons. The molecule has 0 aliphatic carbocycles. The van der Waals surface area contributed by atoms with Crippen LogP contribution in [0.25, 0.3) is 6.08 Å². The molecule has 0 atom stereocenters. The highest BCUT2D eigenvalue weighted by molar-refractivity contribution is 5.98. The summed E-state index contributed by atoms with van der Waals surface area (Å²) < 4.78 is 21.6. The van der Waals surface area contributed by atoms with E-state index in [0.29, 0.717) is 30.9 Å². The SMILES string of the molecule is CCOC(=O)/C(C#N)=C/c1ccc(OC(=O)CCCOc2ccc(CC)cc2)c(OCC)c1. The summed E-state index contributed by atoms with van der Waals surface area (Å²) >= 11 is 0. The van der Waals surface area contributed by atoms with Crippen LogP contribution in [-0.4, -0.2) is 31.8 Å². The van der Waals surface area contributed by atoms with E-state index >= 15 is 0 Å². The van der Waals surface area contributed by atoms with Gasteiger partial charge < -0.3 is 18.9 Å². The Hall–Kier alpha value is -3.79. The van der Waals surface area contributed by atoms with Crippen LogP contribution in [0.5, 0.6) is 17.2 Å². The van der Waals surface area contributed by atoms with E-state index in [-0.39, 0.29) is 24.4 Å². The molecule has 33 heavy (non-hydrogen) atoms. The van der Waals surface area contributed by atoms with Gasteiger partial charge in [-0.05, 0) is 68.2 Å². The summed E-state index contributed by atoms with van der Waals surface area (Å²) in [6.07, 6.45) is 3.06. The van der Waals surface area contributed by atoms with Crippen molar-refractivity contribution in [1.29, 1.82) is 5.26 Å². The van der Waals surface area contributed by atoms with Crippen LogP contribution in [0, 0.1) is 11.3 Å². The van der Waals surface area contributed by atoms with E-state index in [1.54, 1.807) is 32.0 Å². The van der Waals surface area contributed by atoms with Crippen molar-refractivity contribution in [3.63, 3.8) is 0 Å². The van der Waals surface area contributed by atoms with Crippen molar-refractivity contribution in [3.05, 3.63) is 59.2 Å². The second-order valence-electron chi connectivity index (χ2n) is 6.95. The molecule has 2 aromatic rings. The highest BCUT2D eigenvalue weighted by atomic mass is 16.6. The number of esters is 2. The van der Waals surface area contributed by atoms with Crippen molar-refractivity contribution in [2.24, 2.45) is 0 Å². The van der Waals surface area contributed by atoms with E-state index < -0.39 is 11.9 Å². The zero-order valence-corrected chi connectivity index (χ0v) is 19.3. The van der Waals surface area contributed by atoms with Crippen molar-refractivity contribution in [1.82, 2.24) is 0 Å². The van der Waals surface area contributed by atoms with Gasteiger partial charge in [-0.2, -0.15) is 5.26 Å². The third-order valence-corrected chi connectivity index (χ3v) is 4.54. The zero-order chi connectivity index (χ0) is 24.1. The first-order valence-electron chi connectivity index (χ1n) is 11.0. The number of nitriles is 1. The Labute approximate surface area is 194 Å². The third-order valence-electron chi connectivity index (χ3n) is 4.54. The maximum atomic E-state index is 12.3. The molecule has 7 heteroatoms. The molecule has 2 aromatic carbocycles. The first-order chi connectivity index (χ1) is 16.0. The maximum absolute atomic E-state index is 12.3. The van der Waals surface area contributed by atoms with Gasteiger partial charge >= 0.3 is 11.9 Å². The molecule has 0 saturated heterocycles. The Kier molecular flexibility index (Phi) is 10.5. The summed E-state index contributed by atoms with van der Waals surface area (Å²) in [6, 6.07) is 14.5. The summed E-state index contributed by atoms with van der Waals surface area (Å²) in [6.45, 7) is 6.48. The predicted molar refractivity (Wildman–Crippen MR) is 124 cm³/mol. The fourth-order valence-corrected chi connectivity index (χ4v) is 2.88. The largest absolute Gasteiger partial charge is 0.494 e. The molecule has 0 fully saturated rings. The Morgan fingerprint density at radius 3 is 2.36 bits per heavy atom. The molecule has 0 aromatic heterocycles. The van der Waals surface area contributed by atoms with Crippen LogP contribution in [0.4, 0.5) is 0 Å². The summed E-state index contributed by atoms with van der Waals surface area (Å²) in [4.78, 5) is 24.1. The first-order valence-corrected chi connectivity index (χ1v) is 11.0. The Morgan fingerprint density at radius 2 is 1.73 bits per heavy atom. The normalized spacial score (nSPS) is 10.8. The van der Waals surface area contributed by atoms with Gasteiger partial charge in [-0.25, -0.2) is 4.79 Å². The average molecular weight is 452 g/mol. The van der Waals surface area contributed by atoms with Crippen LogP contribution in [-0.2, 0) is 20.7 Å². The lowest BCUT2D eigenvalue weighted by atomic mass is 10.1. The van der Waals surface area contributed by atoms with Gasteiger partial charge in [0.15, 0.2) is 11.5 Å². The van der Waals surface area contributed by atoms with E-state index in [1.165, 1.54) is 11.6 Å². The smallest absolute Gasteiger partial charge is 0.348 e. The van der Waals surface area contributed by atoms with Crippen molar-refractivity contribution in [3.8, 4) is 23.3 Å².